The van der Waals surface area contributed by atoms with Crippen LogP contribution in [-0.4, -0.2) is 74.0 Å². The molecule has 2 atom stereocenters. The molecular formula is C33H38N4O9. The lowest BCUT2D eigenvalue weighted by Crippen LogP contribution is -2.43. The van der Waals surface area contributed by atoms with E-state index in [0.29, 0.717) is 41.6 Å². The number of nitrogens with one attached hydrogen (secondary N) is 2. The highest BCUT2D eigenvalue weighted by Crippen LogP contribution is 2.33. The van der Waals surface area contributed by atoms with E-state index in [0.717, 1.165) is 12.0 Å². The van der Waals surface area contributed by atoms with Crippen LogP contribution in [0.3, 0.4) is 0 Å². The number of ether oxygens (including phenoxy) is 4. The summed E-state index contributed by atoms with van der Waals surface area (Å²) in [6.45, 7) is 5.83. The van der Waals surface area contributed by atoms with E-state index in [9.17, 15) is 19.2 Å². The molecule has 2 aromatic carbocycles. The Morgan fingerprint density at radius 1 is 1.09 bits per heavy atom. The highest BCUT2D eigenvalue weighted by atomic mass is 16.6. The molecule has 2 N–H and O–H groups in total. The number of carbonyl (C=O) groups is 4. The molecule has 2 heterocycles. The molecule has 0 radical (unpaired) electrons. The topological polar surface area (TPSA) is 159 Å². The van der Waals surface area contributed by atoms with Crippen molar-refractivity contribution < 1.29 is 42.6 Å². The van der Waals surface area contributed by atoms with Gasteiger partial charge in [0, 0.05) is 24.7 Å². The fourth-order valence-corrected chi connectivity index (χ4v) is 5.16. The minimum Gasteiger partial charge on any atom is -0.496 e. The molecule has 1 aliphatic rings. The minimum absolute atomic E-state index is 0.0115. The molecule has 0 aliphatic carbocycles. The molecule has 46 heavy (non-hydrogen) atoms. The van der Waals surface area contributed by atoms with Crippen LogP contribution < -0.4 is 20.1 Å². The average Bonchev–Trinajstić information content (AvgIpc) is 3.74. The van der Waals surface area contributed by atoms with Gasteiger partial charge in [-0.3, -0.25) is 9.59 Å². The molecular weight excluding hydrogens is 596 g/mol. The fourth-order valence-electron chi connectivity index (χ4n) is 5.16. The monoisotopic (exact) mass is 634 g/mol. The first kappa shape index (κ1) is 33.6. The Balaban J connectivity index is 1.38. The molecule has 4 rings (SSSR count). The Hall–Kier alpha value is -5.33. The summed E-state index contributed by atoms with van der Waals surface area (Å²) in [7, 11) is 2.96. The number of carbonyl (C=O) groups excluding carboxylic acids is 4. The van der Waals surface area contributed by atoms with Crippen LogP contribution in [0.15, 0.2) is 65.7 Å². The molecule has 3 aromatic rings. The Labute approximate surface area is 266 Å². The second-order valence-corrected chi connectivity index (χ2v) is 10.4. The number of hydrogen-bond acceptors (Lipinski definition) is 10. The van der Waals surface area contributed by atoms with Gasteiger partial charge in [0.25, 0.3) is 5.91 Å². The van der Waals surface area contributed by atoms with Crippen LogP contribution in [0.2, 0.25) is 0 Å². The van der Waals surface area contributed by atoms with Gasteiger partial charge < -0.3 is 39.0 Å². The average molecular weight is 635 g/mol. The first-order valence-corrected chi connectivity index (χ1v) is 14.8. The predicted molar refractivity (Wildman–Crippen MR) is 167 cm³/mol. The quantitative estimate of drug-likeness (QED) is 0.194. The van der Waals surface area contributed by atoms with Gasteiger partial charge in [0.15, 0.2) is 0 Å². The van der Waals surface area contributed by atoms with Crippen molar-refractivity contribution in [1.82, 2.24) is 15.4 Å². The third kappa shape index (κ3) is 8.43. The zero-order chi connectivity index (χ0) is 33.1. The molecule has 1 aliphatic heterocycles. The number of alkyl carbamates (subject to hydrolysis) is 1. The SMILES string of the molecule is C=CCOC(=O)NC(Cc1cc(C2CCCN2C(=O)Cc2ccc(NC(=O)c3c(OC)cccc3OC)cc2)no1)C(=O)OCC. The largest absolute Gasteiger partial charge is 0.496 e. The standard InChI is InChI=1S/C33H38N4O9/c1-5-17-45-33(41)35-25(32(40)44-6-2)20-23-19-24(36-46-23)26-9-8-16-37(26)29(38)18-21-12-14-22(15-13-21)34-31(39)30-27(42-3)10-7-11-28(30)43-4/h5,7,10-15,19,25-26H,1,6,8-9,16-18,20H2,2-4H3,(H,34,39)(H,35,41). The number of likely N-dealkylation sites (tertiary alicyclic amines) is 1. The smallest absolute Gasteiger partial charge is 0.408 e. The number of esters is 1. The Morgan fingerprint density at radius 2 is 1.80 bits per heavy atom. The van der Waals surface area contributed by atoms with Crippen molar-refractivity contribution in [3.63, 3.8) is 0 Å². The molecule has 1 saturated heterocycles. The first-order valence-electron chi connectivity index (χ1n) is 14.8. The molecule has 0 saturated carbocycles. The van der Waals surface area contributed by atoms with Crippen molar-refractivity contribution in [1.29, 1.82) is 0 Å². The second kappa shape index (κ2) is 16.1. The van der Waals surface area contributed by atoms with E-state index in [1.807, 2.05) is 0 Å². The molecule has 3 amide bonds. The normalized spacial score (nSPS) is 14.6. The highest BCUT2D eigenvalue weighted by Gasteiger charge is 2.33. The Bertz CT molecular complexity index is 1510. The summed E-state index contributed by atoms with van der Waals surface area (Å²) in [5, 5.41) is 9.50. The van der Waals surface area contributed by atoms with Crippen LogP contribution in [0.4, 0.5) is 10.5 Å². The predicted octanol–water partition coefficient (Wildman–Crippen LogP) is 4.24. The van der Waals surface area contributed by atoms with Crippen LogP contribution >= 0.6 is 0 Å². The van der Waals surface area contributed by atoms with Gasteiger partial charge in [-0.1, -0.05) is 36.0 Å². The molecule has 13 heteroatoms. The summed E-state index contributed by atoms with van der Waals surface area (Å²) in [5.41, 5.74) is 2.16. The van der Waals surface area contributed by atoms with Crippen molar-refractivity contribution in [2.24, 2.45) is 0 Å². The number of methoxy groups -OCH3 is 2. The maximum Gasteiger partial charge on any atom is 0.408 e. The Kier molecular flexibility index (Phi) is 11.8. The zero-order valence-electron chi connectivity index (χ0n) is 26.1. The second-order valence-electron chi connectivity index (χ2n) is 10.4. The number of hydrogen-bond donors (Lipinski definition) is 2. The van der Waals surface area contributed by atoms with Crippen LogP contribution in [0, 0.1) is 0 Å². The summed E-state index contributed by atoms with van der Waals surface area (Å²) in [6, 6.07) is 12.5. The van der Waals surface area contributed by atoms with E-state index in [1.165, 1.54) is 20.3 Å². The summed E-state index contributed by atoms with van der Waals surface area (Å²) in [6.07, 6.45) is 2.24. The van der Waals surface area contributed by atoms with Gasteiger partial charge in [-0.2, -0.15) is 0 Å². The van der Waals surface area contributed by atoms with Crippen molar-refractivity contribution in [2.75, 3.05) is 39.3 Å². The number of benzene rings is 2. The highest BCUT2D eigenvalue weighted by molar-refractivity contribution is 6.08. The van der Waals surface area contributed by atoms with Crippen LogP contribution in [0.1, 0.15) is 53.2 Å². The zero-order valence-corrected chi connectivity index (χ0v) is 26.1. The van der Waals surface area contributed by atoms with Crippen LogP contribution in [0.5, 0.6) is 11.5 Å². The minimum atomic E-state index is -1.05. The van der Waals surface area contributed by atoms with Gasteiger partial charge in [0.2, 0.25) is 5.91 Å². The van der Waals surface area contributed by atoms with E-state index in [4.69, 9.17) is 23.5 Å². The third-order valence-corrected chi connectivity index (χ3v) is 7.31. The van der Waals surface area contributed by atoms with Gasteiger partial charge in [0.1, 0.15) is 41.2 Å². The van der Waals surface area contributed by atoms with Crippen molar-refractivity contribution in [3.8, 4) is 11.5 Å². The first-order chi connectivity index (χ1) is 22.3. The molecule has 0 bridgehead atoms. The van der Waals surface area contributed by atoms with Gasteiger partial charge in [-0.05, 0) is 49.6 Å². The summed E-state index contributed by atoms with van der Waals surface area (Å²) in [5.74, 6) is 0.00922. The van der Waals surface area contributed by atoms with E-state index in [2.05, 4.69) is 22.4 Å². The molecule has 2 unspecified atom stereocenters. The number of aromatic nitrogens is 1. The number of rotatable bonds is 14. The van der Waals surface area contributed by atoms with Gasteiger partial charge in [-0.15, -0.1) is 0 Å². The lowest BCUT2D eigenvalue weighted by atomic mass is 10.1. The van der Waals surface area contributed by atoms with Gasteiger partial charge in [-0.25, -0.2) is 9.59 Å². The van der Waals surface area contributed by atoms with Crippen molar-refractivity contribution in [2.45, 2.75) is 44.7 Å². The fraction of sp³-hybridized carbons (Fsp3) is 0.364. The van der Waals surface area contributed by atoms with Crippen molar-refractivity contribution >= 4 is 29.6 Å². The number of nitrogens with zero attached hydrogens (tertiary/aromatic N) is 2. The Morgan fingerprint density at radius 3 is 2.46 bits per heavy atom. The maximum atomic E-state index is 13.4. The lowest BCUT2D eigenvalue weighted by Gasteiger charge is -2.23. The molecule has 244 valence electrons. The molecule has 1 aromatic heterocycles. The lowest BCUT2D eigenvalue weighted by molar-refractivity contribution is -0.145. The summed E-state index contributed by atoms with van der Waals surface area (Å²) in [4.78, 5) is 52.7. The van der Waals surface area contributed by atoms with E-state index in [-0.39, 0.29) is 49.5 Å². The van der Waals surface area contributed by atoms with Gasteiger partial charge >= 0.3 is 12.1 Å². The van der Waals surface area contributed by atoms with Crippen LogP contribution in [0.25, 0.3) is 0 Å². The molecule has 13 nitrogen and oxygen atoms in total. The van der Waals surface area contributed by atoms with E-state index < -0.39 is 18.1 Å². The molecule has 1 fully saturated rings. The molecule has 0 spiro atoms. The summed E-state index contributed by atoms with van der Waals surface area (Å²) < 4.78 is 26.2. The van der Waals surface area contributed by atoms with E-state index >= 15 is 0 Å². The number of amides is 3. The van der Waals surface area contributed by atoms with Gasteiger partial charge in [0.05, 0.1) is 33.3 Å². The van der Waals surface area contributed by atoms with Crippen LogP contribution in [-0.2, 0) is 31.9 Å². The number of anilines is 1. The van der Waals surface area contributed by atoms with Crippen molar-refractivity contribution in [3.05, 3.63) is 83.8 Å². The third-order valence-electron chi connectivity index (χ3n) is 7.31. The van der Waals surface area contributed by atoms with E-state index in [1.54, 1.807) is 60.4 Å². The maximum absolute atomic E-state index is 13.4. The summed E-state index contributed by atoms with van der Waals surface area (Å²) >= 11 is 0.